The summed E-state index contributed by atoms with van der Waals surface area (Å²) in [5.74, 6) is -0.201. The summed E-state index contributed by atoms with van der Waals surface area (Å²) in [7, 11) is -3.69. The molecule has 4 nitrogen and oxygen atoms in total. The van der Waals surface area contributed by atoms with E-state index in [-0.39, 0.29) is 10.8 Å². The number of pyridine rings is 1. The first-order valence-electron chi connectivity index (χ1n) is 7.53. The summed E-state index contributed by atoms with van der Waals surface area (Å²) < 4.78 is 25.4. The van der Waals surface area contributed by atoms with E-state index in [9.17, 15) is 13.6 Å². The van der Waals surface area contributed by atoms with Crippen molar-refractivity contribution >= 4 is 9.84 Å². The molecule has 0 saturated heterocycles. The van der Waals surface area contributed by atoms with Gasteiger partial charge < -0.3 is 5.21 Å². The molecule has 2 aromatic carbocycles. The number of hydrogen-bond acceptors (Lipinski definition) is 3. The molecule has 0 radical (unpaired) electrons. The van der Waals surface area contributed by atoms with Crippen molar-refractivity contribution in [2.75, 3.05) is 0 Å². The molecule has 1 heterocycles. The Bertz CT molecular complexity index is 950. The Labute approximate surface area is 141 Å². The van der Waals surface area contributed by atoms with Crippen LogP contribution in [0.4, 0.5) is 0 Å². The molecule has 0 aliphatic rings. The highest BCUT2D eigenvalue weighted by Gasteiger charge is 2.24. The van der Waals surface area contributed by atoms with Gasteiger partial charge in [-0.1, -0.05) is 54.6 Å². The van der Waals surface area contributed by atoms with Crippen molar-refractivity contribution in [3.8, 4) is 11.1 Å². The van der Waals surface area contributed by atoms with Crippen molar-refractivity contribution < 1.29 is 13.1 Å². The number of aromatic nitrogens is 1. The van der Waals surface area contributed by atoms with E-state index in [1.165, 1.54) is 12.3 Å². The predicted molar refractivity (Wildman–Crippen MR) is 92.9 cm³/mol. The lowest BCUT2D eigenvalue weighted by atomic mass is 10.0. The largest absolute Gasteiger partial charge is 0.618 e. The Morgan fingerprint density at radius 2 is 1.54 bits per heavy atom. The summed E-state index contributed by atoms with van der Waals surface area (Å²) >= 11 is 0. The van der Waals surface area contributed by atoms with Gasteiger partial charge in [-0.15, -0.1) is 0 Å². The second-order valence-corrected chi connectivity index (χ2v) is 7.63. The van der Waals surface area contributed by atoms with Gasteiger partial charge in [0.2, 0.25) is 9.84 Å². The summed E-state index contributed by atoms with van der Waals surface area (Å²) in [6, 6.07) is 20.2. The molecule has 0 amide bonds. The average Bonchev–Trinajstić information content (AvgIpc) is 2.58. The van der Waals surface area contributed by atoms with Crippen LogP contribution >= 0.6 is 0 Å². The van der Waals surface area contributed by atoms with E-state index in [1.807, 2.05) is 42.5 Å². The first-order chi connectivity index (χ1) is 11.5. The number of nitrogens with zero attached hydrogens (tertiary/aromatic N) is 1. The Morgan fingerprint density at radius 1 is 0.917 bits per heavy atom. The zero-order valence-electron chi connectivity index (χ0n) is 13.2. The van der Waals surface area contributed by atoms with Crippen LogP contribution in [0.2, 0.25) is 0 Å². The van der Waals surface area contributed by atoms with E-state index in [0.29, 0.717) is 10.3 Å². The topological polar surface area (TPSA) is 61.1 Å². The van der Waals surface area contributed by atoms with Crippen LogP contribution in [0.25, 0.3) is 11.1 Å². The first kappa shape index (κ1) is 16.2. The Morgan fingerprint density at radius 3 is 2.21 bits per heavy atom. The van der Waals surface area contributed by atoms with E-state index in [0.717, 1.165) is 16.7 Å². The molecule has 5 heteroatoms. The smallest absolute Gasteiger partial charge is 0.309 e. The summed E-state index contributed by atoms with van der Waals surface area (Å²) in [5, 5.41) is 11.6. The number of sulfone groups is 1. The SMILES string of the molecule is Cc1cc[n+]([O-])c(S(=O)(=O)Cc2ccc(-c3ccccc3)cc2)c1. The molecule has 122 valence electrons. The van der Waals surface area contributed by atoms with Gasteiger partial charge in [0.25, 0.3) is 0 Å². The van der Waals surface area contributed by atoms with E-state index in [1.54, 1.807) is 25.1 Å². The molecule has 24 heavy (non-hydrogen) atoms. The fourth-order valence-corrected chi connectivity index (χ4v) is 3.99. The van der Waals surface area contributed by atoms with Gasteiger partial charge in [0, 0.05) is 12.1 Å². The third-order valence-electron chi connectivity index (χ3n) is 3.78. The van der Waals surface area contributed by atoms with E-state index in [4.69, 9.17) is 0 Å². The van der Waals surface area contributed by atoms with Crippen molar-refractivity contribution in [3.05, 3.63) is 89.3 Å². The zero-order valence-corrected chi connectivity index (χ0v) is 14.0. The van der Waals surface area contributed by atoms with Crippen molar-refractivity contribution in [2.24, 2.45) is 0 Å². The van der Waals surface area contributed by atoms with Gasteiger partial charge in [-0.3, -0.25) is 0 Å². The number of hydrogen-bond donors (Lipinski definition) is 0. The first-order valence-corrected chi connectivity index (χ1v) is 9.18. The molecule has 0 saturated carbocycles. The van der Waals surface area contributed by atoms with Gasteiger partial charge in [0.15, 0.2) is 6.20 Å². The van der Waals surface area contributed by atoms with Crippen molar-refractivity contribution in [2.45, 2.75) is 17.7 Å². The lowest BCUT2D eigenvalue weighted by Crippen LogP contribution is -2.34. The van der Waals surface area contributed by atoms with Gasteiger partial charge in [-0.25, -0.2) is 8.42 Å². The Hall–Kier alpha value is -2.66. The second kappa shape index (κ2) is 6.45. The minimum atomic E-state index is -3.69. The molecule has 0 bridgehead atoms. The quantitative estimate of drug-likeness (QED) is 0.541. The number of aryl methyl sites for hydroxylation is 1. The Kier molecular flexibility index (Phi) is 4.36. The van der Waals surface area contributed by atoms with Crippen LogP contribution in [0.1, 0.15) is 11.1 Å². The molecule has 3 rings (SSSR count). The summed E-state index contributed by atoms with van der Waals surface area (Å²) in [6.07, 6.45) is 1.22. The summed E-state index contributed by atoms with van der Waals surface area (Å²) in [6.45, 7) is 1.76. The van der Waals surface area contributed by atoms with Crippen LogP contribution in [0.3, 0.4) is 0 Å². The molecule has 0 aliphatic heterocycles. The van der Waals surface area contributed by atoms with Gasteiger partial charge in [0.1, 0.15) is 0 Å². The molecular weight excluding hydrogens is 322 g/mol. The van der Waals surface area contributed by atoms with E-state index >= 15 is 0 Å². The average molecular weight is 339 g/mol. The van der Waals surface area contributed by atoms with Gasteiger partial charge in [-0.05, 0) is 29.2 Å². The van der Waals surface area contributed by atoms with Gasteiger partial charge in [0.05, 0.1) is 5.75 Å². The maximum Gasteiger partial charge on any atom is 0.309 e. The lowest BCUT2D eigenvalue weighted by molar-refractivity contribution is -0.646. The maximum absolute atomic E-state index is 12.5. The Balaban J connectivity index is 1.87. The number of benzene rings is 2. The fourth-order valence-electron chi connectivity index (χ4n) is 2.51. The third-order valence-corrected chi connectivity index (χ3v) is 5.43. The van der Waals surface area contributed by atoms with Crippen molar-refractivity contribution in [1.82, 2.24) is 0 Å². The normalized spacial score (nSPS) is 11.4. The van der Waals surface area contributed by atoms with Crippen LogP contribution in [-0.2, 0) is 15.6 Å². The number of rotatable bonds is 4. The van der Waals surface area contributed by atoms with Crippen LogP contribution in [0.5, 0.6) is 0 Å². The van der Waals surface area contributed by atoms with Crippen LogP contribution in [0, 0.1) is 12.1 Å². The van der Waals surface area contributed by atoms with E-state index < -0.39 is 9.84 Å². The highest BCUT2D eigenvalue weighted by molar-refractivity contribution is 7.90. The monoisotopic (exact) mass is 339 g/mol. The van der Waals surface area contributed by atoms with Crippen LogP contribution < -0.4 is 4.73 Å². The van der Waals surface area contributed by atoms with Crippen LogP contribution in [0.15, 0.2) is 78.0 Å². The van der Waals surface area contributed by atoms with Gasteiger partial charge in [-0.2, -0.15) is 4.73 Å². The maximum atomic E-state index is 12.5. The molecule has 0 aliphatic carbocycles. The van der Waals surface area contributed by atoms with Crippen molar-refractivity contribution in [3.63, 3.8) is 0 Å². The minimum absolute atomic E-state index is 0.201. The standard InChI is InChI=1S/C19H17NO3S/c1-15-11-12-20(21)19(13-15)24(22,23)14-16-7-9-18(10-8-16)17-5-3-2-4-6-17/h2-13H,14H2,1H3. The molecule has 0 unspecified atom stereocenters. The fraction of sp³-hybridized carbons (Fsp3) is 0.105. The highest BCUT2D eigenvalue weighted by Crippen LogP contribution is 2.21. The molecule has 1 aromatic heterocycles. The molecule has 0 N–H and O–H groups in total. The molecule has 3 aromatic rings. The third kappa shape index (κ3) is 3.46. The molecule has 0 atom stereocenters. The summed E-state index contributed by atoms with van der Waals surface area (Å²) in [4.78, 5) is 0. The summed E-state index contributed by atoms with van der Waals surface area (Å²) in [5.41, 5.74) is 3.48. The van der Waals surface area contributed by atoms with Crippen LogP contribution in [-0.4, -0.2) is 8.42 Å². The van der Waals surface area contributed by atoms with Crippen molar-refractivity contribution in [1.29, 1.82) is 0 Å². The van der Waals surface area contributed by atoms with E-state index in [2.05, 4.69) is 0 Å². The van der Waals surface area contributed by atoms with Gasteiger partial charge >= 0.3 is 5.03 Å². The molecule has 0 spiro atoms. The predicted octanol–water partition coefficient (Wildman–Crippen LogP) is 3.27. The molecular formula is C19H17NO3S. The zero-order chi connectivity index (χ0) is 17.2. The minimum Gasteiger partial charge on any atom is -0.618 e. The lowest BCUT2D eigenvalue weighted by Gasteiger charge is -2.07. The highest BCUT2D eigenvalue weighted by atomic mass is 32.2. The second-order valence-electron chi connectivity index (χ2n) is 5.69. The molecule has 0 fully saturated rings.